The molecule has 0 aliphatic carbocycles. The van der Waals surface area contributed by atoms with Crippen LogP contribution in [-0.2, 0) is 27.5 Å². The summed E-state index contributed by atoms with van der Waals surface area (Å²) in [5.41, 5.74) is 5.35. The average molecular weight is 448 g/mol. The molecule has 1 N–H and O–H groups in total. The lowest BCUT2D eigenvalue weighted by molar-refractivity contribution is -0.136. The molecule has 0 radical (unpaired) electrons. The second kappa shape index (κ2) is 8.98. The van der Waals surface area contributed by atoms with E-state index < -0.39 is 6.04 Å². The number of carbonyl (C=O) groups is 3. The summed E-state index contributed by atoms with van der Waals surface area (Å²) in [7, 11) is 1.71. The van der Waals surface area contributed by atoms with Gasteiger partial charge in [-0.1, -0.05) is 24.3 Å². The summed E-state index contributed by atoms with van der Waals surface area (Å²) in [5.74, 6) is -0.285. The first-order valence-electron chi connectivity index (χ1n) is 11.6. The van der Waals surface area contributed by atoms with E-state index in [1.807, 2.05) is 6.07 Å². The van der Waals surface area contributed by atoms with E-state index in [0.29, 0.717) is 31.1 Å². The molecule has 7 nitrogen and oxygen atoms in total. The summed E-state index contributed by atoms with van der Waals surface area (Å²) in [6, 6.07) is 14.2. The number of rotatable bonds is 5. The van der Waals surface area contributed by atoms with E-state index in [1.165, 1.54) is 16.8 Å². The van der Waals surface area contributed by atoms with Crippen LogP contribution in [0.5, 0.6) is 0 Å². The lowest BCUT2D eigenvalue weighted by atomic mass is 9.87. The lowest BCUT2D eigenvalue weighted by Gasteiger charge is -2.34. The fourth-order valence-electron chi connectivity index (χ4n) is 5.29. The van der Waals surface area contributed by atoms with Gasteiger partial charge in [0.15, 0.2) is 0 Å². The van der Waals surface area contributed by atoms with Gasteiger partial charge in [-0.3, -0.25) is 19.7 Å². The van der Waals surface area contributed by atoms with Crippen LogP contribution in [0.15, 0.2) is 42.5 Å². The molecule has 0 spiro atoms. The first-order valence-corrected chi connectivity index (χ1v) is 11.6. The Balaban J connectivity index is 1.23. The SMILES string of the molecule is COCc1ccc(N2CCC(c3ccc4c(c3)CN(C3CCC(=O)NC3=O)C4=O)CC2)cc1. The predicted molar refractivity (Wildman–Crippen MR) is 124 cm³/mol. The number of imide groups is 1. The molecule has 33 heavy (non-hydrogen) atoms. The maximum Gasteiger partial charge on any atom is 0.255 e. The zero-order valence-electron chi connectivity index (χ0n) is 18.9. The normalized spacial score (nSPS) is 21.4. The molecular formula is C26H29N3O4. The number of fused-ring (bicyclic) bond motifs is 1. The maximum absolute atomic E-state index is 12.9. The van der Waals surface area contributed by atoms with Crippen molar-refractivity contribution in [2.75, 3.05) is 25.1 Å². The van der Waals surface area contributed by atoms with Gasteiger partial charge in [-0.15, -0.1) is 0 Å². The van der Waals surface area contributed by atoms with Gasteiger partial charge in [-0.2, -0.15) is 0 Å². The number of carbonyl (C=O) groups excluding carboxylic acids is 3. The fourth-order valence-corrected chi connectivity index (χ4v) is 5.29. The number of piperidine rings is 2. The summed E-state index contributed by atoms with van der Waals surface area (Å²) in [4.78, 5) is 40.7. The Kier molecular flexibility index (Phi) is 5.89. The number of benzene rings is 2. The number of hydrogen-bond donors (Lipinski definition) is 1. The van der Waals surface area contributed by atoms with Crippen LogP contribution in [-0.4, -0.2) is 48.9 Å². The summed E-state index contributed by atoms with van der Waals surface area (Å²) >= 11 is 0. The van der Waals surface area contributed by atoms with Crippen LogP contribution >= 0.6 is 0 Å². The Bertz CT molecular complexity index is 1070. The van der Waals surface area contributed by atoms with Gasteiger partial charge in [-0.05, 0) is 60.1 Å². The van der Waals surface area contributed by atoms with E-state index >= 15 is 0 Å². The molecule has 2 aromatic carbocycles. The van der Waals surface area contributed by atoms with Gasteiger partial charge in [0.25, 0.3) is 5.91 Å². The fraction of sp³-hybridized carbons (Fsp3) is 0.423. The van der Waals surface area contributed by atoms with E-state index in [9.17, 15) is 14.4 Å². The highest BCUT2D eigenvalue weighted by molar-refractivity contribution is 6.05. The van der Waals surface area contributed by atoms with E-state index in [2.05, 4.69) is 46.6 Å². The molecular weight excluding hydrogens is 418 g/mol. The monoisotopic (exact) mass is 447 g/mol. The van der Waals surface area contributed by atoms with Gasteiger partial charge in [0.05, 0.1) is 6.61 Å². The Morgan fingerprint density at radius 3 is 2.45 bits per heavy atom. The number of anilines is 1. The van der Waals surface area contributed by atoms with Crippen molar-refractivity contribution >= 4 is 23.4 Å². The standard InChI is InChI=1S/C26H29N3O4/c1-33-16-17-2-5-21(6-3-17)28-12-10-18(11-13-28)19-4-7-22-20(14-19)15-29(26(22)32)23-8-9-24(30)27-25(23)31/h2-7,14,18,23H,8-13,15-16H2,1H3,(H,27,30,31). The summed E-state index contributed by atoms with van der Waals surface area (Å²) < 4.78 is 5.19. The molecule has 0 aromatic heterocycles. The average Bonchev–Trinajstić information content (AvgIpc) is 3.15. The van der Waals surface area contributed by atoms with Gasteiger partial charge < -0.3 is 14.5 Å². The molecule has 0 bridgehead atoms. The molecule has 3 aliphatic heterocycles. The number of methoxy groups -OCH3 is 1. The summed E-state index contributed by atoms with van der Waals surface area (Å²) in [6.45, 7) is 3.05. The number of nitrogens with one attached hydrogen (secondary N) is 1. The number of ether oxygens (including phenoxy) is 1. The molecule has 3 heterocycles. The Hall–Kier alpha value is -3.19. The molecule has 2 saturated heterocycles. The second-order valence-corrected chi connectivity index (χ2v) is 9.18. The molecule has 172 valence electrons. The summed E-state index contributed by atoms with van der Waals surface area (Å²) in [6.07, 6.45) is 2.78. The Morgan fingerprint density at radius 1 is 1.00 bits per heavy atom. The highest BCUT2D eigenvalue weighted by Gasteiger charge is 2.39. The number of nitrogens with zero attached hydrogens (tertiary/aromatic N) is 2. The zero-order chi connectivity index (χ0) is 22.9. The molecule has 1 atom stereocenters. The van der Waals surface area contributed by atoms with Crippen molar-refractivity contribution in [3.8, 4) is 0 Å². The quantitative estimate of drug-likeness (QED) is 0.713. The lowest BCUT2D eigenvalue weighted by Crippen LogP contribution is -2.52. The van der Waals surface area contributed by atoms with Crippen LogP contribution in [0.3, 0.4) is 0 Å². The van der Waals surface area contributed by atoms with E-state index in [1.54, 1.807) is 12.0 Å². The van der Waals surface area contributed by atoms with E-state index in [4.69, 9.17) is 4.74 Å². The molecule has 5 rings (SSSR count). The first-order chi connectivity index (χ1) is 16.0. The van der Waals surface area contributed by atoms with Crippen LogP contribution in [0.4, 0.5) is 5.69 Å². The van der Waals surface area contributed by atoms with Crippen LogP contribution < -0.4 is 10.2 Å². The van der Waals surface area contributed by atoms with Crippen molar-refractivity contribution in [3.05, 3.63) is 64.7 Å². The smallest absolute Gasteiger partial charge is 0.255 e. The first kappa shape index (κ1) is 21.6. The van der Waals surface area contributed by atoms with Crippen LogP contribution in [0.1, 0.15) is 58.6 Å². The minimum atomic E-state index is -0.565. The van der Waals surface area contributed by atoms with Gasteiger partial charge in [0.1, 0.15) is 6.04 Å². The van der Waals surface area contributed by atoms with Crippen molar-refractivity contribution < 1.29 is 19.1 Å². The van der Waals surface area contributed by atoms with Crippen molar-refractivity contribution in [2.45, 2.75) is 50.8 Å². The highest BCUT2D eigenvalue weighted by Crippen LogP contribution is 2.34. The Labute approximate surface area is 193 Å². The van der Waals surface area contributed by atoms with Crippen LogP contribution in [0, 0.1) is 0 Å². The number of hydrogen-bond acceptors (Lipinski definition) is 5. The third-order valence-electron chi connectivity index (χ3n) is 7.13. The third kappa shape index (κ3) is 4.25. The third-order valence-corrected chi connectivity index (χ3v) is 7.13. The Morgan fingerprint density at radius 2 is 1.76 bits per heavy atom. The maximum atomic E-state index is 12.9. The largest absolute Gasteiger partial charge is 0.380 e. The van der Waals surface area contributed by atoms with E-state index in [0.717, 1.165) is 31.5 Å². The molecule has 0 saturated carbocycles. The van der Waals surface area contributed by atoms with Crippen molar-refractivity contribution in [2.24, 2.45) is 0 Å². The molecule has 3 aliphatic rings. The van der Waals surface area contributed by atoms with Crippen molar-refractivity contribution in [3.63, 3.8) is 0 Å². The molecule has 3 amide bonds. The minimum Gasteiger partial charge on any atom is -0.380 e. The second-order valence-electron chi connectivity index (χ2n) is 9.18. The minimum absolute atomic E-state index is 0.113. The summed E-state index contributed by atoms with van der Waals surface area (Å²) in [5, 5.41) is 2.36. The van der Waals surface area contributed by atoms with Gasteiger partial charge in [0, 0.05) is 44.4 Å². The zero-order valence-corrected chi connectivity index (χ0v) is 18.9. The van der Waals surface area contributed by atoms with Gasteiger partial charge in [-0.25, -0.2) is 0 Å². The highest BCUT2D eigenvalue weighted by atomic mass is 16.5. The topological polar surface area (TPSA) is 79.0 Å². The molecule has 1 unspecified atom stereocenters. The van der Waals surface area contributed by atoms with Crippen LogP contribution in [0.25, 0.3) is 0 Å². The molecule has 7 heteroatoms. The van der Waals surface area contributed by atoms with Crippen molar-refractivity contribution in [1.29, 1.82) is 0 Å². The van der Waals surface area contributed by atoms with Gasteiger partial charge >= 0.3 is 0 Å². The molecule has 2 fully saturated rings. The number of amides is 3. The van der Waals surface area contributed by atoms with E-state index in [-0.39, 0.29) is 24.1 Å². The van der Waals surface area contributed by atoms with Crippen molar-refractivity contribution in [1.82, 2.24) is 10.2 Å². The van der Waals surface area contributed by atoms with Crippen LogP contribution in [0.2, 0.25) is 0 Å². The predicted octanol–water partition coefficient (Wildman–Crippen LogP) is 2.98. The van der Waals surface area contributed by atoms with Gasteiger partial charge in [0.2, 0.25) is 11.8 Å². The molecule has 2 aromatic rings.